The van der Waals surface area contributed by atoms with Crippen molar-refractivity contribution in [2.24, 2.45) is 0 Å². The van der Waals surface area contributed by atoms with Crippen molar-refractivity contribution < 1.29 is 14.2 Å². The second kappa shape index (κ2) is 4.00. The van der Waals surface area contributed by atoms with E-state index in [0.717, 1.165) is 0 Å². The van der Waals surface area contributed by atoms with Crippen molar-refractivity contribution in [3.05, 3.63) is 16.7 Å². The van der Waals surface area contributed by atoms with E-state index >= 15 is 0 Å². The number of nitrogens with zero attached hydrogens (tertiary/aromatic N) is 3. The lowest BCUT2D eigenvalue weighted by molar-refractivity contribution is -0.0844. The molecule has 0 spiro atoms. The van der Waals surface area contributed by atoms with Gasteiger partial charge in [-0.1, -0.05) is 0 Å². The number of fused-ring (bicyclic) bond motifs is 1. The fraction of sp³-hybridized carbons (Fsp3) is 0.545. The van der Waals surface area contributed by atoms with E-state index in [-0.39, 0.29) is 17.1 Å². The van der Waals surface area contributed by atoms with Gasteiger partial charge in [-0.25, -0.2) is 9.37 Å². The maximum absolute atomic E-state index is 14.0. The lowest BCUT2D eigenvalue weighted by Crippen LogP contribution is -2.40. The zero-order chi connectivity index (χ0) is 14.7. The van der Waals surface area contributed by atoms with Crippen molar-refractivity contribution >= 4 is 17.1 Å². The predicted molar refractivity (Wildman–Crippen MR) is 67.7 cm³/mol. The molecule has 2 unspecified atom stereocenters. The Kier molecular flexibility index (Phi) is 2.60. The van der Waals surface area contributed by atoms with E-state index in [1.807, 2.05) is 0 Å². The first-order chi connectivity index (χ1) is 9.32. The fourth-order valence-electron chi connectivity index (χ4n) is 2.48. The van der Waals surface area contributed by atoms with Gasteiger partial charge in [0.2, 0.25) is 5.95 Å². The SMILES string of the molecule is C[C@H]1O[C@@H](n2cnc3c(=O)[nH]c(N)nc32)C(C)(O)C1F. The Morgan fingerprint density at radius 1 is 1.65 bits per heavy atom. The van der Waals surface area contributed by atoms with E-state index in [0.29, 0.717) is 0 Å². The Balaban J connectivity index is 2.19. The molecular formula is C11H14FN5O3. The summed E-state index contributed by atoms with van der Waals surface area (Å²) in [5.74, 6) is -0.0910. The van der Waals surface area contributed by atoms with Crippen LogP contribution in [0.5, 0.6) is 0 Å². The molecule has 0 bridgehead atoms. The molecule has 1 aliphatic rings. The number of H-pyrrole nitrogens is 1. The van der Waals surface area contributed by atoms with Crippen molar-refractivity contribution in [1.29, 1.82) is 0 Å². The highest BCUT2D eigenvalue weighted by Crippen LogP contribution is 2.40. The quantitative estimate of drug-likeness (QED) is 0.661. The van der Waals surface area contributed by atoms with Crippen LogP contribution in [0.25, 0.3) is 11.2 Å². The van der Waals surface area contributed by atoms with Gasteiger partial charge in [0, 0.05) is 0 Å². The lowest BCUT2D eigenvalue weighted by atomic mass is 9.98. The van der Waals surface area contributed by atoms with Crippen LogP contribution in [0.4, 0.5) is 10.3 Å². The number of nitrogens with two attached hydrogens (primary N) is 1. The normalized spacial score (nSPS) is 33.9. The van der Waals surface area contributed by atoms with E-state index in [4.69, 9.17) is 10.5 Å². The van der Waals surface area contributed by atoms with Gasteiger partial charge < -0.3 is 15.6 Å². The Labute approximate surface area is 112 Å². The minimum absolute atomic E-state index is 0.0496. The standard InChI is InChI=1S/C11H14FN5O3/c1-4-6(12)11(2,19)9(20-4)17-3-14-5-7(17)15-10(13)16-8(5)18/h3-4,6,9,19H,1-2H3,(H3,13,15,16,18)/t4-,6?,9-,11?/m1/s1. The second-order valence-electron chi connectivity index (χ2n) is 5.10. The molecule has 1 saturated heterocycles. The summed E-state index contributed by atoms with van der Waals surface area (Å²) in [6.07, 6.45) is -2.11. The molecular weight excluding hydrogens is 269 g/mol. The van der Waals surface area contributed by atoms with Crippen LogP contribution in [-0.2, 0) is 4.74 Å². The zero-order valence-electron chi connectivity index (χ0n) is 10.9. The number of halogens is 1. The van der Waals surface area contributed by atoms with E-state index in [1.165, 1.54) is 24.7 Å². The van der Waals surface area contributed by atoms with Crippen LogP contribution in [0, 0.1) is 0 Å². The molecule has 4 atom stereocenters. The van der Waals surface area contributed by atoms with Crippen LogP contribution >= 0.6 is 0 Å². The fourth-order valence-corrected chi connectivity index (χ4v) is 2.48. The summed E-state index contributed by atoms with van der Waals surface area (Å²) in [4.78, 5) is 21.9. The molecule has 8 nitrogen and oxygen atoms in total. The van der Waals surface area contributed by atoms with Crippen LogP contribution in [0.2, 0.25) is 0 Å². The number of nitrogen functional groups attached to an aromatic ring is 1. The number of aliphatic hydroxyl groups is 1. The summed E-state index contributed by atoms with van der Waals surface area (Å²) >= 11 is 0. The molecule has 20 heavy (non-hydrogen) atoms. The molecule has 3 rings (SSSR count). The largest absolute Gasteiger partial charge is 0.382 e. The van der Waals surface area contributed by atoms with Gasteiger partial charge in [0.15, 0.2) is 23.6 Å². The molecule has 1 fully saturated rings. The average Bonchev–Trinajstić information content (AvgIpc) is 2.85. The molecule has 2 aromatic rings. The maximum atomic E-state index is 14.0. The van der Waals surface area contributed by atoms with E-state index in [2.05, 4.69) is 15.0 Å². The molecule has 0 aromatic carbocycles. The smallest absolute Gasteiger partial charge is 0.280 e. The van der Waals surface area contributed by atoms with Crippen LogP contribution in [0.15, 0.2) is 11.1 Å². The number of aromatic nitrogens is 4. The number of alkyl halides is 1. The number of nitrogens with one attached hydrogen (secondary N) is 1. The topological polar surface area (TPSA) is 119 Å². The third-order valence-electron chi connectivity index (χ3n) is 3.52. The summed E-state index contributed by atoms with van der Waals surface area (Å²) < 4.78 is 20.7. The molecule has 0 radical (unpaired) electrons. The zero-order valence-corrected chi connectivity index (χ0v) is 10.9. The van der Waals surface area contributed by atoms with E-state index in [9.17, 15) is 14.3 Å². The van der Waals surface area contributed by atoms with Gasteiger partial charge in [0.05, 0.1) is 12.4 Å². The predicted octanol–water partition coefficient (Wildman–Crippen LogP) is -0.292. The van der Waals surface area contributed by atoms with Gasteiger partial charge in [-0.15, -0.1) is 0 Å². The molecule has 0 saturated carbocycles. The van der Waals surface area contributed by atoms with Crippen molar-refractivity contribution in [3.63, 3.8) is 0 Å². The van der Waals surface area contributed by atoms with Crippen LogP contribution in [-0.4, -0.2) is 42.5 Å². The summed E-state index contributed by atoms with van der Waals surface area (Å²) in [6, 6.07) is 0. The Hall–Kier alpha value is -2.00. The number of aromatic amines is 1. The summed E-state index contributed by atoms with van der Waals surface area (Å²) in [5, 5.41) is 10.3. The summed E-state index contributed by atoms with van der Waals surface area (Å²) in [5.41, 5.74) is 3.41. The molecule has 108 valence electrons. The van der Waals surface area contributed by atoms with Crippen LogP contribution < -0.4 is 11.3 Å². The maximum Gasteiger partial charge on any atom is 0.280 e. The van der Waals surface area contributed by atoms with Crippen molar-refractivity contribution in [1.82, 2.24) is 19.5 Å². The number of imidazole rings is 1. The van der Waals surface area contributed by atoms with Gasteiger partial charge in [-0.3, -0.25) is 14.3 Å². The van der Waals surface area contributed by atoms with Crippen molar-refractivity contribution in [2.75, 3.05) is 5.73 Å². The van der Waals surface area contributed by atoms with Gasteiger partial charge >= 0.3 is 0 Å². The van der Waals surface area contributed by atoms with Crippen LogP contribution in [0.3, 0.4) is 0 Å². The minimum atomic E-state index is -1.76. The number of ether oxygens (including phenoxy) is 1. The molecule has 1 aliphatic heterocycles. The van der Waals surface area contributed by atoms with E-state index in [1.54, 1.807) is 0 Å². The van der Waals surface area contributed by atoms with Gasteiger partial charge in [-0.05, 0) is 13.8 Å². The third-order valence-corrected chi connectivity index (χ3v) is 3.52. The highest BCUT2D eigenvalue weighted by atomic mass is 19.1. The van der Waals surface area contributed by atoms with Crippen molar-refractivity contribution in [2.45, 2.75) is 38.0 Å². The molecule has 3 heterocycles. The van der Waals surface area contributed by atoms with Gasteiger partial charge in [0.25, 0.3) is 5.56 Å². The first-order valence-electron chi connectivity index (χ1n) is 6.06. The molecule has 9 heteroatoms. The Morgan fingerprint density at radius 3 is 2.95 bits per heavy atom. The lowest BCUT2D eigenvalue weighted by Gasteiger charge is -2.26. The van der Waals surface area contributed by atoms with E-state index < -0.39 is 29.7 Å². The Bertz CT molecular complexity index is 724. The molecule has 0 amide bonds. The second-order valence-corrected chi connectivity index (χ2v) is 5.10. The minimum Gasteiger partial charge on any atom is -0.382 e. The first-order valence-corrected chi connectivity index (χ1v) is 6.06. The Morgan fingerprint density at radius 2 is 2.35 bits per heavy atom. The summed E-state index contributed by atoms with van der Waals surface area (Å²) in [6.45, 7) is 2.85. The molecule has 0 aliphatic carbocycles. The number of hydrogen-bond acceptors (Lipinski definition) is 6. The number of anilines is 1. The molecule has 4 N–H and O–H groups in total. The monoisotopic (exact) mass is 283 g/mol. The third kappa shape index (κ3) is 1.63. The highest BCUT2D eigenvalue weighted by molar-refractivity contribution is 5.70. The highest BCUT2D eigenvalue weighted by Gasteiger charge is 2.53. The first kappa shape index (κ1) is 13.0. The number of hydrogen-bond donors (Lipinski definition) is 3. The van der Waals surface area contributed by atoms with Crippen LogP contribution in [0.1, 0.15) is 20.1 Å². The van der Waals surface area contributed by atoms with Crippen molar-refractivity contribution in [3.8, 4) is 0 Å². The van der Waals surface area contributed by atoms with Gasteiger partial charge in [0.1, 0.15) is 5.60 Å². The van der Waals surface area contributed by atoms with Gasteiger partial charge in [-0.2, -0.15) is 4.98 Å². The summed E-state index contributed by atoms with van der Waals surface area (Å²) in [7, 11) is 0. The molecule has 2 aromatic heterocycles. The number of rotatable bonds is 1. The average molecular weight is 283 g/mol.